The second-order valence-electron chi connectivity index (χ2n) is 4.92. The zero-order valence-corrected chi connectivity index (χ0v) is 10.9. The number of Topliss-reactive ketones (excluding diaryl/α,β-unsaturated/α-hetero) is 1. The predicted molar refractivity (Wildman–Crippen MR) is 76.5 cm³/mol. The van der Waals surface area contributed by atoms with Crippen molar-refractivity contribution in [1.82, 2.24) is 0 Å². The number of para-hydroxylation sites is 1. The van der Waals surface area contributed by atoms with Crippen molar-refractivity contribution in [2.45, 2.75) is 6.42 Å². The van der Waals surface area contributed by atoms with Gasteiger partial charge in [-0.05, 0) is 30.2 Å². The van der Waals surface area contributed by atoms with Gasteiger partial charge in [0.05, 0.1) is 12.1 Å². The number of hydrogen-bond acceptors (Lipinski definition) is 4. The number of anilines is 1. The van der Waals surface area contributed by atoms with Crippen LogP contribution in [0.15, 0.2) is 42.5 Å². The van der Waals surface area contributed by atoms with Crippen LogP contribution >= 0.6 is 0 Å². The summed E-state index contributed by atoms with van der Waals surface area (Å²) in [6.45, 7) is 1.04. The van der Waals surface area contributed by atoms with Gasteiger partial charge < -0.3 is 15.1 Å². The molecule has 2 N–H and O–H groups in total. The van der Waals surface area contributed by atoms with Gasteiger partial charge in [-0.2, -0.15) is 0 Å². The summed E-state index contributed by atoms with van der Waals surface area (Å²) in [6.07, 6.45) is 0.936. The first-order valence-corrected chi connectivity index (χ1v) is 6.53. The number of benzene rings is 2. The monoisotopic (exact) mass is 269 g/mol. The van der Waals surface area contributed by atoms with Crippen molar-refractivity contribution in [3.8, 4) is 11.5 Å². The molecule has 0 atom stereocenters. The fourth-order valence-electron chi connectivity index (χ4n) is 2.59. The molecule has 0 unspecified atom stereocenters. The molecule has 0 saturated carbocycles. The Kier molecular flexibility index (Phi) is 3.06. The van der Waals surface area contributed by atoms with Gasteiger partial charge in [-0.1, -0.05) is 18.2 Å². The molecule has 0 aromatic heterocycles. The molecule has 1 aliphatic rings. The summed E-state index contributed by atoms with van der Waals surface area (Å²) < 4.78 is 0. The number of carbonyl (C=O) groups is 1. The SMILES string of the molecule is O=C(CN1CCc2ccccc21)c1ccc(O)cc1O. The number of phenols is 2. The van der Waals surface area contributed by atoms with Crippen molar-refractivity contribution in [3.05, 3.63) is 53.6 Å². The number of carbonyl (C=O) groups excluding carboxylic acids is 1. The first-order chi connectivity index (χ1) is 9.65. The number of rotatable bonds is 3. The molecule has 0 fully saturated rings. The molecule has 20 heavy (non-hydrogen) atoms. The Morgan fingerprint density at radius 2 is 1.95 bits per heavy atom. The van der Waals surface area contributed by atoms with Crippen molar-refractivity contribution in [3.63, 3.8) is 0 Å². The number of hydrogen-bond donors (Lipinski definition) is 2. The van der Waals surface area contributed by atoms with Crippen LogP contribution in [-0.2, 0) is 6.42 Å². The second kappa shape index (κ2) is 4.89. The Hall–Kier alpha value is -2.49. The maximum absolute atomic E-state index is 12.3. The largest absolute Gasteiger partial charge is 0.508 e. The molecule has 0 saturated heterocycles. The van der Waals surface area contributed by atoms with Crippen molar-refractivity contribution >= 4 is 11.5 Å². The lowest BCUT2D eigenvalue weighted by Gasteiger charge is -2.18. The van der Waals surface area contributed by atoms with E-state index in [2.05, 4.69) is 6.07 Å². The van der Waals surface area contributed by atoms with Gasteiger partial charge >= 0.3 is 0 Å². The highest BCUT2D eigenvalue weighted by molar-refractivity contribution is 6.01. The first-order valence-electron chi connectivity index (χ1n) is 6.53. The summed E-state index contributed by atoms with van der Waals surface area (Å²) in [7, 11) is 0. The third-order valence-corrected chi connectivity index (χ3v) is 3.60. The van der Waals surface area contributed by atoms with Crippen LogP contribution in [0.5, 0.6) is 11.5 Å². The lowest BCUT2D eigenvalue weighted by atomic mass is 10.1. The van der Waals surface area contributed by atoms with Gasteiger partial charge in [-0.25, -0.2) is 0 Å². The molecule has 0 radical (unpaired) electrons. The zero-order chi connectivity index (χ0) is 14.1. The molecule has 0 amide bonds. The van der Waals surface area contributed by atoms with Crippen molar-refractivity contribution in [2.24, 2.45) is 0 Å². The number of nitrogens with zero attached hydrogens (tertiary/aromatic N) is 1. The summed E-state index contributed by atoms with van der Waals surface area (Å²) in [6, 6.07) is 12.1. The van der Waals surface area contributed by atoms with E-state index in [1.807, 2.05) is 23.1 Å². The van der Waals surface area contributed by atoms with Crippen LogP contribution in [0.2, 0.25) is 0 Å². The molecule has 4 nitrogen and oxygen atoms in total. The van der Waals surface area contributed by atoms with E-state index in [0.29, 0.717) is 0 Å². The fraction of sp³-hybridized carbons (Fsp3) is 0.188. The Balaban J connectivity index is 1.81. The molecule has 0 bridgehead atoms. The van der Waals surface area contributed by atoms with Crippen molar-refractivity contribution in [1.29, 1.82) is 0 Å². The third kappa shape index (κ3) is 2.20. The smallest absolute Gasteiger partial charge is 0.185 e. The van der Waals surface area contributed by atoms with E-state index in [4.69, 9.17) is 0 Å². The lowest BCUT2D eigenvalue weighted by molar-refractivity contribution is 0.0997. The average Bonchev–Trinajstić information content (AvgIpc) is 2.82. The molecule has 3 rings (SSSR count). The molecular formula is C16H15NO3. The third-order valence-electron chi connectivity index (χ3n) is 3.60. The second-order valence-corrected chi connectivity index (χ2v) is 4.92. The molecule has 1 heterocycles. The summed E-state index contributed by atoms with van der Waals surface area (Å²) in [5, 5.41) is 19.0. The topological polar surface area (TPSA) is 60.8 Å². The summed E-state index contributed by atoms with van der Waals surface area (Å²) in [5.74, 6) is -0.382. The van der Waals surface area contributed by atoms with Crippen LogP contribution in [0.3, 0.4) is 0 Å². The molecule has 2 aromatic carbocycles. The predicted octanol–water partition coefficient (Wildman–Crippen LogP) is 2.34. The Bertz CT molecular complexity index is 667. The van der Waals surface area contributed by atoms with Gasteiger partial charge in [0.1, 0.15) is 11.5 Å². The van der Waals surface area contributed by atoms with Gasteiger partial charge in [0, 0.05) is 18.3 Å². The Morgan fingerprint density at radius 3 is 2.75 bits per heavy atom. The highest BCUT2D eigenvalue weighted by Gasteiger charge is 2.22. The minimum atomic E-state index is -0.178. The number of ketones is 1. The quantitative estimate of drug-likeness (QED) is 0.840. The lowest BCUT2D eigenvalue weighted by Crippen LogP contribution is -2.28. The highest BCUT2D eigenvalue weighted by Crippen LogP contribution is 2.28. The van der Waals surface area contributed by atoms with Crippen LogP contribution in [0.1, 0.15) is 15.9 Å². The van der Waals surface area contributed by atoms with Crippen LogP contribution in [0, 0.1) is 0 Å². The van der Waals surface area contributed by atoms with Crippen LogP contribution in [0.4, 0.5) is 5.69 Å². The number of aromatic hydroxyl groups is 2. The van der Waals surface area contributed by atoms with Gasteiger partial charge in [-0.15, -0.1) is 0 Å². The van der Waals surface area contributed by atoms with E-state index >= 15 is 0 Å². The molecule has 0 spiro atoms. The van der Waals surface area contributed by atoms with Gasteiger partial charge in [0.15, 0.2) is 5.78 Å². The minimum absolute atomic E-state index is 0.0504. The van der Waals surface area contributed by atoms with Gasteiger partial charge in [0.2, 0.25) is 0 Å². The fourth-order valence-corrected chi connectivity index (χ4v) is 2.59. The summed E-state index contributed by atoms with van der Waals surface area (Å²) in [5.41, 5.74) is 2.57. The highest BCUT2D eigenvalue weighted by atomic mass is 16.3. The number of phenolic OH excluding ortho intramolecular Hbond substituents is 2. The van der Waals surface area contributed by atoms with E-state index < -0.39 is 0 Å². The zero-order valence-electron chi connectivity index (χ0n) is 10.9. The first kappa shape index (κ1) is 12.5. The van der Waals surface area contributed by atoms with Gasteiger partial charge in [0.25, 0.3) is 0 Å². The molecular weight excluding hydrogens is 254 g/mol. The Morgan fingerprint density at radius 1 is 1.15 bits per heavy atom. The van der Waals surface area contributed by atoms with E-state index in [1.165, 1.54) is 23.8 Å². The molecule has 102 valence electrons. The Labute approximate surface area is 116 Å². The normalized spacial score (nSPS) is 13.3. The van der Waals surface area contributed by atoms with E-state index in [1.54, 1.807) is 0 Å². The van der Waals surface area contributed by atoms with E-state index in [-0.39, 0.29) is 29.4 Å². The van der Waals surface area contributed by atoms with Crippen LogP contribution < -0.4 is 4.90 Å². The van der Waals surface area contributed by atoms with E-state index in [9.17, 15) is 15.0 Å². The maximum Gasteiger partial charge on any atom is 0.185 e. The van der Waals surface area contributed by atoms with Crippen molar-refractivity contribution < 1.29 is 15.0 Å². The van der Waals surface area contributed by atoms with Crippen molar-refractivity contribution in [2.75, 3.05) is 18.0 Å². The minimum Gasteiger partial charge on any atom is -0.508 e. The molecule has 2 aromatic rings. The average molecular weight is 269 g/mol. The summed E-state index contributed by atoms with van der Waals surface area (Å²) in [4.78, 5) is 14.3. The molecule has 1 aliphatic heterocycles. The maximum atomic E-state index is 12.3. The molecule has 4 heteroatoms. The van der Waals surface area contributed by atoms with Crippen LogP contribution in [-0.4, -0.2) is 29.1 Å². The van der Waals surface area contributed by atoms with Gasteiger partial charge in [-0.3, -0.25) is 4.79 Å². The standard InChI is InChI=1S/C16H15NO3/c18-12-5-6-13(15(19)9-12)16(20)10-17-8-7-11-3-1-2-4-14(11)17/h1-6,9,18-19H,7-8,10H2. The summed E-state index contributed by atoms with van der Waals surface area (Å²) >= 11 is 0. The van der Waals surface area contributed by atoms with E-state index in [0.717, 1.165) is 18.7 Å². The molecule has 0 aliphatic carbocycles. The number of fused-ring (bicyclic) bond motifs is 1. The van der Waals surface area contributed by atoms with Crippen LogP contribution in [0.25, 0.3) is 0 Å².